The normalized spacial score (nSPS) is 15.0. The fourth-order valence-corrected chi connectivity index (χ4v) is 1.00. The molecule has 2 rings (SSSR count). The summed E-state index contributed by atoms with van der Waals surface area (Å²) in [5, 5.41) is 8.73. The lowest BCUT2D eigenvalue weighted by Crippen LogP contribution is -2.01. The number of rotatable bonds is 2. The van der Waals surface area contributed by atoms with E-state index in [0.717, 1.165) is 12.8 Å². The zero-order valence-corrected chi connectivity index (χ0v) is 7.03. The fraction of sp³-hybridized carbons (Fsp3) is 0.333. The first-order valence-electron chi connectivity index (χ1n) is 4.13. The predicted octanol–water partition coefficient (Wildman–Crippen LogP) is 1.08. The maximum atomic E-state index is 8.73. The summed E-state index contributed by atoms with van der Waals surface area (Å²) in [6.45, 7) is 0. The lowest BCUT2D eigenvalue weighted by atomic mass is 10.3. The molecule has 1 aliphatic rings. The molecule has 0 amide bonds. The molecule has 1 aromatic heterocycles. The smallest absolute Gasteiger partial charge is 0.184 e. The van der Waals surface area contributed by atoms with Gasteiger partial charge in [-0.25, -0.2) is 4.98 Å². The minimum atomic E-state index is 0.270. The Labute approximate surface area is 76.0 Å². The molecule has 0 saturated heterocycles. The Morgan fingerprint density at radius 2 is 2.31 bits per heavy atom. The van der Waals surface area contributed by atoms with Gasteiger partial charge in [-0.2, -0.15) is 5.26 Å². The van der Waals surface area contributed by atoms with Crippen molar-refractivity contribution in [1.29, 1.82) is 5.26 Å². The molecule has 0 bridgehead atoms. The van der Waals surface area contributed by atoms with Crippen LogP contribution >= 0.6 is 0 Å². The number of nitrogens with zero attached hydrogens (tertiary/aromatic N) is 2. The Bertz CT molecular complexity index is 366. The van der Waals surface area contributed by atoms with E-state index in [2.05, 4.69) is 4.98 Å². The summed E-state index contributed by atoms with van der Waals surface area (Å²) < 4.78 is 5.46. The zero-order chi connectivity index (χ0) is 9.26. The molecule has 0 aliphatic heterocycles. The van der Waals surface area contributed by atoms with Crippen LogP contribution in [-0.2, 0) is 0 Å². The first-order valence-corrected chi connectivity index (χ1v) is 4.13. The molecular formula is C9H9N3O. The van der Waals surface area contributed by atoms with Crippen molar-refractivity contribution in [2.45, 2.75) is 18.9 Å². The second-order valence-electron chi connectivity index (χ2n) is 3.01. The minimum absolute atomic E-state index is 0.270. The van der Waals surface area contributed by atoms with Crippen LogP contribution in [0.15, 0.2) is 12.1 Å². The molecule has 0 radical (unpaired) electrons. The van der Waals surface area contributed by atoms with E-state index < -0.39 is 0 Å². The van der Waals surface area contributed by atoms with Crippen LogP contribution in [0.1, 0.15) is 18.5 Å². The van der Waals surface area contributed by atoms with Crippen molar-refractivity contribution < 1.29 is 4.74 Å². The van der Waals surface area contributed by atoms with Gasteiger partial charge in [-0.3, -0.25) is 0 Å². The third-order valence-electron chi connectivity index (χ3n) is 1.80. The van der Waals surface area contributed by atoms with Crippen molar-refractivity contribution in [3.05, 3.63) is 17.8 Å². The number of aromatic nitrogens is 1. The van der Waals surface area contributed by atoms with Gasteiger partial charge in [0.1, 0.15) is 11.9 Å². The first kappa shape index (κ1) is 7.87. The molecule has 0 atom stereocenters. The third kappa shape index (κ3) is 1.70. The van der Waals surface area contributed by atoms with E-state index in [1.165, 1.54) is 0 Å². The van der Waals surface area contributed by atoms with Crippen LogP contribution in [0.2, 0.25) is 0 Å². The van der Waals surface area contributed by atoms with Crippen LogP contribution < -0.4 is 10.5 Å². The van der Waals surface area contributed by atoms with Gasteiger partial charge in [0.05, 0.1) is 6.10 Å². The van der Waals surface area contributed by atoms with E-state index in [1.807, 2.05) is 6.07 Å². The first-order chi connectivity index (χ1) is 6.29. The number of ether oxygens (including phenoxy) is 1. The third-order valence-corrected chi connectivity index (χ3v) is 1.80. The summed E-state index contributed by atoms with van der Waals surface area (Å²) in [7, 11) is 0. The van der Waals surface area contributed by atoms with Gasteiger partial charge in [0.2, 0.25) is 0 Å². The maximum Gasteiger partial charge on any atom is 0.184 e. The average Bonchev–Trinajstić information content (AvgIpc) is 2.92. The highest BCUT2D eigenvalue weighted by atomic mass is 16.5. The largest absolute Gasteiger partial charge is 0.487 e. The number of hydrogen-bond donors (Lipinski definition) is 1. The topological polar surface area (TPSA) is 71.9 Å². The van der Waals surface area contributed by atoms with Crippen LogP contribution in [0, 0.1) is 11.3 Å². The summed E-state index contributed by atoms with van der Waals surface area (Å²) in [5.41, 5.74) is 5.70. The molecule has 1 fully saturated rings. The molecule has 13 heavy (non-hydrogen) atoms. The molecule has 1 aliphatic carbocycles. The van der Waals surface area contributed by atoms with Crippen LogP contribution in [0.3, 0.4) is 0 Å². The van der Waals surface area contributed by atoms with Gasteiger partial charge >= 0.3 is 0 Å². The lowest BCUT2D eigenvalue weighted by Gasteiger charge is -2.05. The Kier molecular flexibility index (Phi) is 1.78. The highest BCUT2D eigenvalue weighted by Crippen LogP contribution is 2.28. The SMILES string of the molecule is N#Cc1nc(N)ccc1OC1CC1. The molecule has 0 unspecified atom stereocenters. The number of anilines is 1. The predicted molar refractivity (Wildman–Crippen MR) is 47.0 cm³/mol. The van der Waals surface area contributed by atoms with Crippen LogP contribution in [0.4, 0.5) is 5.82 Å². The number of nitriles is 1. The van der Waals surface area contributed by atoms with E-state index in [4.69, 9.17) is 15.7 Å². The summed E-state index contributed by atoms with van der Waals surface area (Å²) in [5.74, 6) is 0.888. The number of nitrogen functional groups attached to an aromatic ring is 1. The van der Waals surface area contributed by atoms with Gasteiger partial charge in [0.15, 0.2) is 11.4 Å². The van der Waals surface area contributed by atoms with Gasteiger partial charge in [-0.15, -0.1) is 0 Å². The Morgan fingerprint density at radius 3 is 2.92 bits per heavy atom. The zero-order valence-electron chi connectivity index (χ0n) is 7.03. The molecule has 1 heterocycles. The Hall–Kier alpha value is -1.76. The quantitative estimate of drug-likeness (QED) is 0.729. The summed E-state index contributed by atoms with van der Waals surface area (Å²) in [4.78, 5) is 3.86. The van der Waals surface area contributed by atoms with Crippen LogP contribution in [-0.4, -0.2) is 11.1 Å². The van der Waals surface area contributed by atoms with E-state index >= 15 is 0 Å². The van der Waals surface area contributed by atoms with Gasteiger partial charge in [-0.05, 0) is 25.0 Å². The Morgan fingerprint density at radius 1 is 1.54 bits per heavy atom. The summed E-state index contributed by atoms with van der Waals surface area (Å²) in [6.07, 6.45) is 2.40. The molecular weight excluding hydrogens is 166 g/mol. The molecule has 1 saturated carbocycles. The van der Waals surface area contributed by atoms with Crippen molar-refractivity contribution in [3.63, 3.8) is 0 Å². The van der Waals surface area contributed by atoms with Crippen molar-refractivity contribution >= 4 is 5.82 Å². The fourth-order valence-electron chi connectivity index (χ4n) is 1.00. The summed E-state index contributed by atoms with van der Waals surface area (Å²) in [6, 6.07) is 5.28. The lowest BCUT2D eigenvalue weighted by molar-refractivity contribution is 0.301. The highest BCUT2D eigenvalue weighted by molar-refractivity contribution is 5.44. The van der Waals surface area contributed by atoms with Crippen molar-refractivity contribution in [2.24, 2.45) is 0 Å². The molecule has 66 valence electrons. The molecule has 4 heteroatoms. The monoisotopic (exact) mass is 175 g/mol. The highest BCUT2D eigenvalue weighted by Gasteiger charge is 2.24. The molecule has 4 nitrogen and oxygen atoms in total. The minimum Gasteiger partial charge on any atom is -0.487 e. The van der Waals surface area contributed by atoms with Gasteiger partial charge < -0.3 is 10.5 Å². The van der Waals surface area contributed by atoms with Crippen molar-refractivity contribution in [1.82, 2.24) is 4.98 Å². The van der Waals surface area contributed by atoms with Crippen molar-refractivity contribution in [2.75, 3.05) is 5.73 Å². The number of hydrogen-bond acceptors (Lipinski definition) is 4. The Balaban J connectivity index is 2.27. The van der Waals surface area contributed by atoms with Crippen LogP contribution in [0.25, 0.3) is 0 Å². The molecule has 1 aromatic rings. The standard InChI is InChI=1S/C9H9N3O/c10-5-7-8(13-6-1-2-6)3-4-9(11)12-7/h3-4,6H,1-2H2,(H2,11,12). The summed E-state index contributed by atoms with van der Waals surface area (Å²) >= 11 is 0. The van der Waals surface area contributed by atoms with E-state index in [9.17, 15) is 0 Å². The number of pyridine rings is 1. The van der Waals surface area contributed by atoms with Gasteiger partial charge in [-0.1, -0.05) is 0 Å². The second kappa shape index (κ2) is 2.94. The van der Waals surface area contributed by atoms with Crippen molar-refractivity contribution in [3.8, 4) is 11.8 Å². The van der Waals surface area contributed by atoms with Gasteiger partial charge in [0, 0.05) is 0 Å². The average molecular weight is 175 g/mol. The second-order valence-corrected chi connectivity index (χ2v) is 3.01. The van der Waals surface area contributed by atoms with Gasteiger partial charge in [0.25, 0.3) is 0 Å². The molecule has 0 aromatic carbocycles. The molecule has 0 spiro atoms. The van der Waals surface area contributed by atoms with E-state index in [1.54, 1.807) is 12.1 Å². The van der Waals surface area contributed by atoms with Crippen LogP contribution in [0.5, 0.6) is 5.75 Å². The van der Waals surface area contributed by atoms with E-state index in [0.29, 0.717) is 11.6 Å². The van der Waals surface area contributed by atoms with E-state index in [-0.39, 0.29) is 11.8 Å². The molecule has 2 N–H and O–H groups in total. The maximum absolute atomic E-state index is 8.73. The number of nitrogens with two attached hydrogens (primary N) is 1.